The van der Waals surface area contributed by atoms with E-state index < -0.39 is 0 Å². The van der Waals surface area contributed by atoms with E-state index in [1.165, 1.54) is 149 Å². The van der Waals surface area contributed by atoms with Gasteiger partial charge in [-0.1, -0.05) is 419 Å². The molecule has 5 heterocycles. The molecule has 0 amide bonds. The summed E-state index contributed by atoms with van der Waals surface area (Å²) < 4.78 is 7.91. The van der Waals surface area contributed by atoms with E-state index in [-0.39, 0.29) is 71.7 Å². The van der Waals surface area contributed by atoms with Gasteiger partial charge in [0, 0.05) is 88.7 Å². The van der Waals surface area contributed by atoms with Crippen molar-refractivity contribution in [3.63, 3.8) is 0 Å². The molecule has 0 spiro atoms. The van der Waals surface area contributed by atoms with Gasteiger partial charge in [-0.3, -0.25) is 0 Å². The summed E-state index contributed by atoms with van der Waals surface area (Å²) in [4.78, 5) is 5.67. The summed E-state index contributed by atoms with van der Waals surface area (Å²) in [6, 6.07) is 114. The van der Waals surface area contributed by atoms with Gasteiger partial charge in [0.05, 0.1) is 50.2 Å². The lowest BCUT2D eigenvalue weighted by Gasteiger charge is -2.46. The molecule has 5 nitrogen and oxygen atoms in total. The molecule has 0 atom stereocenters. The number of rotatable bonds is 9. The van der Waals surface area contributed by atoms with Gasteiger partial charge in [-0.15, -0.1) is 0 Å². The van der Waals surface area contributed by atoms with E-state index >= 15 is 0 Å². The Morgan fingerprint density at radius 2 is 0.375 bits per heavy atom. The zero-order valence-corrected chi connectivity index (χ0v) is 93.4. The molecule has 6 heteroatoms. The van der Waals surface area contributed by atoms with Crippen LogP contribution in [0.3, 0.4) is 0 Å². The highest BCUT2D eigenvalue weighted by molar-refractivity contribution is 7.00. The van der Waals surface area contributed by atoms with Crippen molar-refractivity contribution in [2.24, 2.45) is 0 Å². The first-order valence-corrected chi connectivity index (χ1v) is 53.1. The second kappa shape index (κ2) is 33.5. The summed E-state index contributed by atoms with van der Waals surface area (Å²) in [5, 5.41) is 7.47. The molecule has 3 aromatic heterocycles. The van der Waals surface area contributed by atoms with Crippen molar-refractivity contribution in [2.45, 2.75) is 314 Å². The molecule has 20 rings (SSSR count). The van der Waals surface area contributed by atoms with Crippen molar-refractivity contribution >= 4 is 123 Å². The standard InChI is InChI=1S/C138H154BN5/c1-127(2,3)87-47-43-83(44-48-87)102-39-37-41-104(85-67-95(135(25,26)27)71-96(68-85)136(28,29)30)125(102)143-120-79-99(140-114-61-51-89(129(7,8)9)73-106(114)107-74-90(130(10,11)12)52-62-115(107)140)57-59-112(120)139-113-60-58-100(141-116-63-53-91(131(13,14)15)75-108(116)109-76-92(132(16,17)18)54-64-117(109)141)80-121(113)144(123-82-101(81-122(143)124(123)139)142-118-65-55-93(133(19,20)21)77-110(118)111-78-94(134(22,23)24)56-66-119(111)142)126-103(84-45-49-88(50-46-84)128(4,5)6)40-38-42-105(126)86-69-97(137(31,32)33)72-98(70-86)138(34,35)36/h37-82H,1-36H3. The minimum absolute atomic E-state index is 0.110. The van der Waals surface area contributed by atoms with Gasteiger partial charge < -0.3 is 23.5 Å². The molecule has 734 valence electrons. The van der Waals surface area contributed by atoms with E-state index in [4.69, 9.17) is 0 Å². The molecule has 2 aliphatic rings. The van der Waals surface area contributed by atoms with Crippen LogP contribution in [0, 0.1) is 0 Å². The largest absolute Gasteiger partial charge is 0.310 e. The minimum atomic E-state index is -0.382. The van der Waals surface area contributed by atoms with Crippen molar-refractivity contribution in [1.29, 1.82) is 0 Å². The van der Waals surface area contributed by atoms with Crippen LogP contribution in [0.1, 0.15) is 316 Å². The molecule has 144 heavy (non-hydrogen) atoms. The average Bonchev–Trinajstić information content (AvgIpc) is 0.865. The molecule has 2 aliphatic heterocycles. The van der Waals surface area contributed by atoms with Crippen molar-refractivity contribution in [1.82, 2.24) is 13.7 Å². The Morgan fingerprint density at radius 3 is 0.604 bits per heavy atom. The predicted octanol–water partition coefficient (Wildman–Crippen LogP) is 37.3. The fourth-order valence-corrected chi connectivity index (χ4v) is 22.6. The summed E-state index contributed by atoms with van der Waals surface area (Å²) in [5.41, 5.74) is 43.5. The number of para-hydroxylation sites is 2. The van der Waals surface area contributed by atoms with Gasteiger partial charge in [0.1, 0.15) is 0 Å². The highest BCUT2D eigenvalue weighted by Crippen LogP contribution is 2.57. The van der Waals surface area contributed by atoms with E-state index in [0.717, 1.165) is 95.6 Å². The molecular formula is C138H154BN5. The Morgan fingerprint density at radius 1 is 0.167 bits per heavy atom. The maximum Gasteiger partial charge on any atom is 0.252 e. The summed E-state index contributed by atoms with van der Waals surface area (Å²) in [6.07, 6.45) is 0. The normalized spacial score (nSPS) is 13.9. The van der Waals surface area contributed by atoms with E-state index in [9.17, 15) is 0 Å². The van der Waals surface area contributed by atoms with Gasteiger partial charge in [-0.05, 0) is 280 Å². The van der Waals surface area contributed by atoms with E-state index in [1.807, 2.05) is 0 Å². The Balaban J connectivity index is 1.04. The first-order valence-electron chi connectivity index (χ1n) is 53.1. The van der Waals surface area contributed by atoms with E-state index in [1.54, 1.807) is 0 Å². The molecular weight excluding hydrogens is 1740 g/mol. The van der Waals surface area contributed by atoms with Crippen LogP contribution in [0.5, 0.6) is 0 Å². The molecule has 0 bridgehead atoms. The Bertz CT molecular complexity index is 7570. The van der Waals surface area contributed by atoms with Crippen LogP contribution >= 0.6 is 0 Å². The lowest BCUT2D eigenvalue weighted by molar-refractivity contribution is 0.568. The van der Waals surface area contributed by atoms with Crippen LogP contribution in [-0.2, 0) is 65.0 Å². The Kier molecular flexibility index (Phi) is 22.9. The molecule has 0 aliphatic carbocycles. The van der Waals surface area contributed by atoms with Gasteiger partial charge in [-0.25, -0.2) is 0 Å². The van der Waals surface area contributed by atoms with Crippen LogP contribution < -0.4 is 26.2 Å². The van der Waals surface area contributed by atoms with Gasteiger partial charge in [0.2, 0.25) is 0 Å². The summed E-state index contributed by atoms with van der Waals surface area (Å²) in [6.45, 7) is 85.0. The molecule has 0 N–H and O–H groups in total. The van der Waals surface area contributed by atoms with Crippen molar-refractivity contribution < 1.29 is 0 Å². The highest BCUT2D eigenvalue weighted by atomic mass is 15.2. The van der Waals surface area contributed by atoms with Gasteiger partial charge in [0.15, 0.2) is 0 Å². The molecule has 0 unspecified atom stereocenters. The van der Waals surface area contributed by atoms with E-state index in [0.29, 0.717) is 0 Å². The molecule has 0 saturated heterocycles. The van der Waals surface area contributed by atoms with Crippen LogP contribution in [0.25, 0.3) is 127 Å². The molecule has 15 aromatic carbocycles. The average molecular weight is 1890 g/mol. The lowest BCUT2D eigenvalue weighted by atomic mass is 9.33. The molecule has 0 fully saturated rings. The zero-order valence-electron chi connectivity index (χ0n) is 93.4. The topological polar surface area (TPSA) is 21.3 Å². The number of aromatic nitrogens is 3. The van der Waals surface area contributed by atoms with E-state index in [2.05, 4.69) is 552 Å². The van der Waals surface area contributed by atoms with Crippen LogP contribution in [0.4, 0.5) is 34.1 Å². The summed E-state index contributed by atoms with van der Waals surface area (Å²) >= 11 is 0. The lowest BCUT2D eigenvalue weighted by Crippen LogP contribution is -2.61. The van der Waals surface area contributed by atoms with Gasteiger partial charge >= 0.3 is 0 Å². The van der Waals surface area contributed by atoms with Gasteiger partial charge in [0.25, 0.3) is 6.71 Å². The number of anilines is 6. The maximum atomic E-state index is 2.83. The number of hydrogen-bond acceptors (Lipinski definition) is 2. The van der Waals surface area contributed by atoms with Crippen molar-refractivity contribution in [2.75, 3.05) is 9.80 Å². The Labute approximate surface area is 861 Å². The number of hydrogen-bond donors (Lipinski definition) is 0. The fraction of sp³-hybridized carbons (Fsp3) is 0.348. The first kappa shape index (κ1) is 98.7. The Hall–Kier alpha value is -12.6. The zero-order chi connectivity index (χ0) is 103. The third kappa shape index (κ3) is 17.3. The summed E-state index contributed by atoms with van der Waals surface area (Å²) in [7, 11) is 0. The third-order valence-electron chi connectivity index (χ3n) is 31.9. The fourth-order valence-electron chi connectivity index (χ4n) is 22.6. The second-order valence-electron chi connectivity index (χ2n) is 55.0. The summed E-state index contributed by atoms with van der Waals surface area (Å²) in [5.74, 6) is 0. The smallest absolute Gasteiger partial charge is 0.252 e. The van der Waals surface area contributed by atoms with Crippen LogP contribution in [0.2, 0.25) is 0 Å². The number of nitrogens with zero attached hydrogens (tertiary/aromatic N) is 5. The molecule has 0 radical (unpaired) electrons. The highest BCUT2D eigenvalue weighted by Gasteiger charge is 2.47. The quantitative estimate of drug-likeness (QED) is 0.134. The molecule has 18 aromatic rings. The predicted molar refractivity (Wildman–Crippen MR) is 630 cm³/mol. The SMILES string of the molecule is CC(C)(C)c1ccc(-c2cccc(-c3cc(C(C)(C)C)cc(C(C)(C)C)c3)c2N2c3cc(-n4c5ccc(C(C)(C)C)cc5c5cc(C(C)(C)C)ccc54)ccc3B3c4ccc(-n5c6ccc(C(C)(C)C)cc6c6cc(C(C)(C)C)ccc65)cc4N(c4c(-c5ccc(C(C)(C)C)cc5)cccc4-c4cc(C(C)(C)C)cc(C(C)(C)C)c4)c4cc(-n5c6ccc(C(C)(C)C)cc6c6cc(C(C)(C)C)ccc65)cc2c43)cc1. The molecule has 0 saturated carbocycles. The second-order valence-corrected chi connectivity index (χ2v) is 55.0. The van der Waals surface area contributed by atoms with Crippen LogP contribution in [-0.4, -0.2) is 20.4 Å². The minimum Gasteiger partial charge on any atom is -0.310 e. The first-order chi connectivity index (χ1) is 67.0. The third-order valence-corrected chi connectivity index (χ3v) is 31.9. The number of benzene rings is 15. The van der Waals surface area contributed by atoms with Crippen molar-refractivity contribution in [3.05, 3.63) is 346 Å². The number of fused-ring (bicyclic) bond motifs is 13. The monoisotopic (exact) mass is 1890 g/mol. The maximum absolute atomic E-state index is 2.83. The van der Waals surface area contributed by atoms with Gasteiger partial charge in [-0.2, -0.15) is 0 Å². The van der Waals surface area contributed by atoms with Crippen molar-refractivity contribution in [3.8, 4) is 61.6 Å². The van der Waals surface area contributed by atoms with Crippen LogP contribution in [0.15, 0.2) is 279 Å².